The van der Waals surface area contributed by atoms with E-state index in [9.17, 15) is 4.79 Å². The summed E-state index contributed by atoms with van der Waals surface area (Å²) in [7, 11) is 1.64. The molecule has 5 nitrogen and oxygen atoms in total. The number of nitrogens with one attached hydrogen (secondary N) is 1. The van der Waals surface area contributed by atoms with Crippen LogP contribution in [0.3, 0.4) is 0 Å². The van der Waals surface area contributed by atoms with Gasteiger partial charge in [0.15, 0.2) is 0 Å². The second kappa shape index (κ2) is 6.90. The van der Waals surface area contributed by atoms with E-state index >= 15 is 0 Å². The minimum absolute atomic E-state index is 0.0115. The molecule has 2 rings (SSSR count). The molecule has 1 heterocycles. The first-order chi connectivity index (χ1) is 11.5. The van der Waals surface area contributed by atoms with Crippen LogP contribution in [0.15, 0.2) is 30.3 Å². The number of methoxy groups -OCH3 is 1. The lowest BCUT2D eigenvalue weighted by molar-refractivity contribution is -0.117. The number of carbonyl (C=O) groups excluding carboxylic acids is 1. The fraction of sp³-hybridized carbons (Fsp3) is 0.500. The van der Waals surface area contributed by atoms with Crippen LogP contribution in [0.5, 0.6) is 5.75 Å². The van der Waals surface area contributed by atoms with Crippen LogP contribution in [0.1, 0.15) is 53.7 Å². The van der Waals surface area contributed by atoms with Crippen LogP contribution in [0.25, 0.3) is 5.69 Å². The quantitative estimate of drug-likeness (QED) is 0.886. The Balaban J connectivity index is 2.39. The van der Waals surface area contributed by atoms with E-state index in [1.807, 2.05) is 51.1 Å². The molecule has 5 heteroatoms. The Hall–Kier alpha value is -2.30. The summed E-state index contributed by atoms with van der Waals surface area (Å²) in [6.45, 7) is 12.5. The van der Waals surface area contributed by atoms with Crippen LogP contribution < -0.4 is 10.1 Å². The second-order valence-electron chi connectivity index (χ2n) is 8.56. The van der Waals surface area contributed by atoms with Gasteiger partial charge in [-0.3, -0.25) is 4.79 Å². The molecule has 0 atom stereocenters. The van der Waals surface area contributed by atoms with Crippen molar-refractivity contribution in [2.24, 2.45) is 5.41 Å². The molecular formula is C20H29N3O2. The highest BCUT2D eigenvalue weighted by atomic mass is 16.5. The lowest BCUT2D eigenvalue weighted by Crippen LogP contribution is -2.21. The third kappa shape index (κ3) is 5.08. The molecule has 1 N–H and O–H groups in total. The maximum absolute atomic E-state index is 12.4. The van der Waals surface area contributed by atoms with Gasteiger partial charge in [-0.05, 0) is 29.7 Å². The smallest absolute Gasteiger partial charge is 0.226 e. The zero-order valence-corrected chi connectivity index (χ0v) is 16.3. The van der Waals surface area contributed by atoms with E-state index in [-0.39, 0.29) is 16.7 Å². The highest BCUT2D eigenvalue weighted by molar-refractivity contribution is 5.90. The summed E-state index contributed by atoms with van der Waals surface area (Å²) in [6.07, 6.45) is 0.450. The van der Waals surface area contributed by atoms with Crippen LogP contribution in [0.2, 0.25) is 0 Å². The zero-order valence-electron chi connectivity index (χ0n) is 16.3. The van der Waals surface area contributed by atoms with E-state index in [1.54, 1.807) is 11.8 Å². The molecule has 0 unspecified atom stereocenters. The first-order valence-electron chi connectivity index (χ1n) is 8.54. The maximum atomic E-state index is 12.4. The van der Waals surface area contributed by atoms with Gasteiger partial charge < -0.3 is 10.1 Å². The number of aromatic nitrogens is 2. The van der Waals surface area contributed by atoms with Crippen LogP contribution in [0.4, 0.5) is 5.82 Å². The first-order valence-corrected chi connectivity index (χ1v) is 8.54. The Bertz CT molecular complexity index is 732. The molecule has 0 fully saturated rings. The molecule has 0 bridgehead atoms. The van der Waals surface area contributed by atoms with Crippen molar-refractivity contribution in [2.75, 3.05) is 12.4 Å². The monoisotopic (exact) mass is 343 g/mol. The lowest BCUT2D eigenvalue weighted by Gasteiger charge is -2.17. The fourth-order valence-corrected chi connectivity index (χ4v) is 2.43. The number of hydrogen-bond donors (Lipinski definition) is 1. The summed E-state index contributed by atoms with van der Waals surface area (Å²) >= 11 is 0. The van der Waals surface area contributed by atoms with Gasteiger partial charge in [0.05, 0.1) is 18.5 Å². The second-order valence-corrected chi connectivity index (χ2v) is 8.56. The van der Waals surface area contributed by atoms with Gasteiger partial charge in [-0.2, -0.15) is 5.10 Å². The van der Waals surface area contributed by atoms with Crippen molar-refractivity contribution >= 4 is 11.7 Å². The summed E-state index contributed by atoms with van der Waals surface area (Å²) in [6, 6.07) is 9.57. The van der Waals surface area contributed by atoms with Crippen LogP contribution in [0, 0.1) is 5.41 Å². The topological polar surface area (TPSA) is 56.1 Å². The standard InChI is InChI=1S/C20H29N3O2/c1-19(2,3)13-18(24)21-17-12-16(20(4,5)6)22-23(17)14-8-10-15(25-7)11-9-14/h8-12H,13H2,1-7H3,(H,21,24). The fourth-order valence-electron chi connectivity index (χ4n) is 2.43. The summed E-state index contributed by atoms with van der Waals surface area (Å²) in [5, 5.41) is 7.73. The number of hydrogen-bond acceptors (Lipinski definition) is 3. The maximum Gasteiger partial charge on any atom is 0.226 e. The third-order valence-electron chi connectivity index (χ3n) is 3.75. The molecule has 2 aromatic rings. The number of amides is 1. The Kier molecular flexibility index (Phi) is 5.26. The average Bonchev–Trinajstić information content (AvgIpc) is 2.89. The van der Waals surface area contributed by atoms with Crippen LogP contribution >= 0.6 is 0 Å². The minimum atomic E-state index is -0.110. The molecule has 0 radical (unpaired) electrons. The normalized spacial score (nSPS) is 12.1. The molecule has 0 saturated heterocycles. The average molecular weight is 343 g/mol. The highest BCUT2D eigenvalue weighted by Gasteiger charge is 2.23. The molecule has 1 aromatic carbocycles. The molecule has 0 spiro atoms. The van der Waals surface area contributed by atoms with Crippen molar-refractivity contribution in [3.63, 3.8) is 0 Å². The molecule has 136 valence electrons. The molecule has 0 aliphatic carbocycles. The summed E-state index contributed by atoms with van der Waals surface area (Å²) < 4.78 is 6.99. The highest BCUT2D eigenvalue weighted by Crippen LogP contribution is 2.28. The lowest BCUT2D eigenvalue weighted by atomic mass is 9.92. The Morgan fingerprint density at radius 3 is 2.20 bits per heavy atom. The van der Waals surface area contributed by atoms with Crippen molar-refractivity contribution < 1.29 is 9.53 Å². The van der Waals surface area contributed by atoms with E-state index < -0.39 is 0 Å². The largest absolute Gasteiger partial charge is 0.497 e. The number of carbonyl (C=O) groups is 1. The van der Waals surface area contributed by atoms with Gasteiger partial charge >= 0.3 is 0 Å². The van der Waals surface area contributed by atoms with Crippen molar-refractivity contribution in [3.8, 4) is 11.4 Å². The number of ether oxygens (including phenoxy) is 1. The van der Waals surface area contributed by atoms with Gasteiger partial charge in [-0.1, -0.05) is 41.5 Å². The van der Waals surface area contributed by atoms with Gasteiger partial charge in [0.1, 0.15) is 11.6 Å². The Morgan fingerprint density at radius 2 is 1.72 bits per heavy atom. The third-order valence-corrected chi connectivity index (χ3v) is 3.75. The van der Waals surface area contributed by atoms with Crippen LogP contribution in [-0.2, 0) is 10.2 Å². The Labute approximate surface area is 150 Å². The summed E-state index contributed by atoms with van der Waals surface area (Å²) in [5.74, 6) is 1.46. The molecule has 0 aliphatic heterocycles. The molecule has 0 saturated carbocycles. The summed E-state index contributed by atoms with van der Waals surface area (Å²) in [4.78, 5) is 12.4. The molecule has 0 aliphatic rings. The number of benzene rings is 1. The molecule has 1 aromatic heterocycles. The van der Waals surface area contributed by atoms with E-state index in [1.165, 1.54) is 0 Å². The number of anilines is 1. The zero-order chi connectivity index (χ0) is 18.8. The SMILES string of the molecule is COc1ccc(-n2nc(C(C)(C)C)cc2NC(=O)CC(C)(C)C)cc1. The number of rotatable bonds is 4. The summed E-state index contributed by atoms with van der Waals surface area (Å²) in [5.41, 5.74) is 1.63. The van der Waals surface area contributed by atoms with E-state index in [0.717, 1.165) is 17.1 Å². The van der Waals surface area contributed by atoms with Crippen molar-refractivity contribution in [3.05, 3.63) is 36.0 Å². The van der Waals surface area contributed by atoms with Gasteiger partial charge in [-0.15, -0.1) is 0 Å². The minimum Gasteiger partial charge on any atom is -0.497 e. The van der Waals surface area contributed by atoms with Gasteiger partial charge in [0.25, 0.3) is 0 Å². The van der Waals surface area contributed by atoms with E-state index in [2.05, 4.69) is 26.1 Å². The Morgan fingerprint density at radius 1 is 1.12 bits per heavy atom. The van der Waals surface area contributed by atoms with Gasteiger partial charge in [0, 0.05) is 17.9 Å². The predicted molar refractivity (Wildman–Crippen MR) is 102 cm³/mol. The first kappa shape index (κ1) is 19.0. The number of nitrogens with zero attached hydrogens (tertiary/aromatic N) is 2. The predicted octanol–water partition coefficient (Wildman–Crippen LogP) is 4.55. The van der Waals surface area contributed by atoms with Crippen molar-refractivity contribution in [2.45, 2.75) is 53.4 Å². The van der Waals surface area contributed by atoms with Crippen LogP contribution in [-0.4, -0.2) is 22.8 Å². The van der Waals surface area contributed by atoms with Crippen molar-refractivity contribution in [1.82, 2.24) is 9.78 Å². The molecular weight excluding hydrogens is 314 g/mol. The molecule has 1 amide bonds. The van der Waals surface area contributed by atoms with E-state index in [4.69, 9.17) is 9.84 Å². The van der Waals surface area contributed by atoms with E-state index in [0.29, 0.717) is 12.2 Å². The molecule has 25 heavy (non-hydrogen) atoms. The van der Waals surface area contributed by atoms with Gasteiger partial charge in [0.2, 0.25) is 5.91 Å². The van der Waals surface area contributed by atoms with Gasteiger partial charge in [-0.25, -0.2) is 4.68 Å². The van der Waals surface area contributed by atoms with Crippen molar-refractivity contribution in [1.29, 1.82) is 0 Å².